The molecule has 0 spiro atoms. The number of hydrogen-bond donors (Lipinski definition) is 0. The van der Waals surface area contributed by atoms with Crippen molar-refractivity contribution in [2.24, 2.45) is 5.92 Å². The van der Waals surface area contributed by atoms with Crippen molar-refractivity contribution in [1.82, 2.24) is 4.98 Å². The van der Waals surface area contributed by atoms with Crippen molar-refractivity contribution in [3.63, 3.8) is 0 Å². The van der Waals surface area contributed by atoms with E-state index in [9.17, 15) is 0 Å². The van der Waals surface area contributed by atoms with Crippen LogP contribution in [0.25, 0.3) is 6.08 Å². The highest BCUT2D eigenvalue weighted by Gasteiger charge is 1.87. The van der Waals surface area contributed by atoms with Gasteiger partial charge in [0.1, 0.15) is 0 Å². The van der Waals surface area contributed by atoms with Crippen LogP contribution in [0.15, 0.2) is 30.6 Å². The van der Waals surface area contributed by atoms with Crippen LogP contribution in [0.4, 0.5) is 0 Å². The molecule has 0 N–H and O–H groups in total. The maximum atomic E-state index is 4.03. The third-order valence-corrected chi connectivity index (χ3v) is 1.60. The van der Waals surface area contributed by atoms with Gasteiger partial charge in [0.05, 0.1) is 0 Å². The largest absolute Gasteiger partial charge is 0.264 e. The van der Waals surface area contributed by atoms with Crippen LogP contribution < -0.4 is 0 Å². The van der Waals surface area contributed by atoms with Crippen molar-refractivity contribution in [1.29, 1.82) is 0 Å². The van der Waals surface area contributed by atoms with Crippen LogP contribution in [0.5, 0.6) is 0 Å². The minimum Gasteiger partial charge on any atom is -0.264 e. The summed E-state index contributed by atoms with van der Waals surface area (Å²) in [6.45, 7) is 4.43. The highest BCUT2D eigenvalue weighted by atomic mass is 14.6. The van der Waals surface area contributed by atoms with Crippen LogP contribution in [0, 0.1) is 5.92 Å². The molecule has 0 bridgehead atoms. The first kappa shape index (κ1) is 8.98. The monoisotopic (exact) mass is 161 g/mol. The van der Waals surface area contributed by atoms with E-state index in [2.05, 4.69) is 37.0 Å². The summed E-state index contributed by atoms with van der Waals surface area (Å²) in [6.07, 6.45) is 9.11. The van der Waals surface area contributed by atoms with Crippen LogP contribution in [-0.4, -0.2) is 4.98 Å². The molecule has 0 fully saturated rings. The first-order chi connectivity index (χ1) is 5.79. The molecule has 0 unspecified atom stereocenters. The molecule has 0 aliphatic heterocycles. The predicted octanol–water partition coefficient (Wildman–Crippen LogP) is 3.14. The van der Waals surface area contributed by atoms with Crippen LogP contribution in [0.3, 0.4) is 0 Å². The molecule has 0 amide bonds. The second-order valence-electron chi connectivity index (χ2n) is 3.32. The van der Waals surface area contributed by atoms with Gasteiger partial charge in [0.15, 0.2) is 0 Å². The van der Waals surface area contributed by atoms with Crippen molar-refractivity contribution >= 4 is 6.08 Å². The fourth-order valence-electron chi connectivity index (χ4n) is 0.951. The fraction of sp³-hybridized carbons (Fsp3) is 0.364. The number of hydrogen-bond acceptors (Lipinski definition) is 1. The smallest absolute Gasteiger partial charge is 0.0340 e. The van der Waals surface area contributed by atoms with Crippen LogP contribution in [-0.2, 0) is 0 Å². The van der Waals surface area contributed by atoms with Crippen molar-refractivity contribution in [3.05, 3.63) is 36.2 Å². The Morgan fingerprint density at radius 1 is 1.50 bits per heavy atom. The van der Waals surface area contributed by atoms with E-state index in [1.54, 1.807) is 6.20 Å². The molecule has 0 radical (unpaired) electrons. The van der Waals surface area contributed by atoms with Gasteiger partial charge in [0.25, 0.3) is 0 Å². The van der Waals surface area contributed by atoms with Crippen molar-refractivity contribution in [2.45, 2.75) is 20.3 Å². The number of pyridine rings is 1. The van der Waals surface area contributed by atoms with Gasteiger partial charge >= 0.3 is 0 Å². The molecular weight excluding hydrogens is 146 g/mol. The highest BCUT2D eigenvalue weighted by Crippen LogP contribution is 2.04. The van der Waals surface area contributed by atoms with Gasteiger partial charge in [-0.1, -0.05) is 32.1 Å². The van der Waals surface area contributed by atoms with Gasteiger partial charge in [-0.15, -0.1) is 0 Å². The number of aromatic nitrogens is 1. The lowest BCUT2D eigenvalue weighted by molar-refractivity contribution is 0.665. The van der Waals surface area contributed by atoms with E-state index in [1.165, 1.54) is 5.56 Å². The Bertz CT molecular complexity index is 236. The molecule has 64 valence electrons. The summed E-state index contributed by atoms with van der Waals surface area (Å²) in [6, 6.07) is 4.01. The zero-order valence-electron chi connectivity index (χ0n) is 7.70. The molecular formula is C11H15N. The maximum absolute atomic E-state index is 4.03. The van der Waals surface area contributed by atoms with E-state index in [0.717, 1.165) is 12.3 Å². The Morgan fingerprint density at radius 2 is 2.33 bits per heavy atom. The summed E-state index contributed by atoms with van der Waals surface area (Å²) in [5, 5.41) is 0. The summed E-state index contributed by atoms with van der Waals surface area (Å²) in [5.41, 5.74) is 1.18. The van der Waals surface area contributed by atoms with E-state index in [0.29, 0.717) is 0 Å². The molecule has 0 atom stereocenters. The van der Waals surface area contributed by atoms with E-state index in [4.69, 9.17) is 0 Å². The second-order valence-corrected chi connectivity index (χ2v) is 3.32. The van der Waals surface area contributed by atoms with E-state index in [1.807, 2.05) is 12.3 Å². The fourth-order valence-corrected chi connectivity index (χ4v) is 0.951. The molecule has 1 aromatic rings. The van der Waals surface area contributed by atoms with Crippen LogP contribution in [0.1, 0.15) is 25.8 Å². The summed E-state index contributed by atoms with van der Waals surface area (Å²) in [7, 11) is 0. The van der Waals surface area contributed by atoms with Crippen molar-refractivity contribution in [3.8, 4) is 0 Å². The zero-order valence-corrected chi connectivity index (χ0v) is 7.70. The minimum absolute atomic E-state index is 0.734. The van der Waals surface area contributed by atoms with Crippen LogP contribution in [0.2, 0.25) is 0 Å². The molecule has 1 aromatic heterocycles. The molecule has 1 heterocycles. The summed E-state index contributed by atoms with van der Waals surface area (Å²) in [4.78, 5) is 4.03. The Morgan fingerprint density at radius 3 is 2.92 bits per heavy atom. The quantitative estimate of drug-likeness (QED) is 0.663. The maximum Gasteiger partial charge on any atom is 0.0340 e. The van der Waals surface area contributed by atoms with Crippen molar-refractivity contribution < 1.29 is 0 Å². The Balaban J connectivity index is 2.47. The van der Waals surface area contributed by atoms with Gasteiger partial charge in [0, 0.05) is 12.4 Å². The highest BCUT2D eigenvalue weighted by molar-refractivity contribution is 5.47. The minimum atomic E-state index is 0.734. The number of allylic oxidation sites excluding steroid dienone is 1. The van der Waals surface area contributed by atoms with Gasteiger partial charge in [-0.05, 0) is 24.0 Å². The van der Waals surface area contributed by atoms with E-state index >= 15 is 0 Å². The van der Waals surface area contributed by atoms with E-state index < -0.39 is 0 Å². The van der Waals surface area contributed by atoms with Gasteiger partial charge in [0.2, 0.25) is 0 Å². The SMILES string of the molecule is CC(C)CC=Cc1cccnc1. The summed E-state index contributed by atoms with van der Waals surface area (Å²) < 4.78 is 0. The number of nitrogens with zero attached hydrogens (tertiary/aromatic N) is 1. The van der Waals surface area contributed by atoms with Gasteiger partial charge in [-0.25, -0.2) is 0 Å². The molecule has 0 saturated carbocycles. The Kier molecular flexibility index (Phi) is 3.52. The molecule has 0 saturated heterocycles. The standard InChI is InChI=1S/C11H15N/c1-10(2)5-3-6-11-7-4-8-12-9-11/h3-4,6-10H,5H2,1-2H3. The predicted molar refractivity (Wildman–Crippen MR) is 52.7 cm³/mol. The topological polar surface area (TPSA) is 12.9 Å². The molecule has 0 aromatic carbocycles. The zero-order chi connectivity index (χ0) is 8.81. The van der Waals surface area contributed by atoms with Gasteiger partial charge in [-0.3, -0.25) is 4.98 Å². The van der Waals surface area contributed by atoms with Crippen LogP contribution >= 0.6 is 0 Å². The Labute approximate surface area is 74.2 Å². The third-order valence-electron chi connectivity index (χ3n) is 1.60. The summed E-state index contributed by atoms with van der Waals surface area (Å²) >= 11 is 0. The first-order valence-corrected chi connectivity index (χ1v) is 4.35. The lowest BCUT2D eigenvalue weighted by Gasteiger charge is -1.96. The van der Waals surface area contributed by atoms with Gasteiger partial charge in [-0.2, -0.15) is 0 Å². The molecule has 1 nitrogen and oxygen atoms in total. The third kappa shape index (κ3) is 3.33. The normalized spacial score (nSPS) is 11.2. The average Bonchev–Trinajstić information content (AvgIpc) is 2.05. The second kappa shape index (κ2) is 4.70. The Hall–Kier alpha value is -1.11. The van der Waals surface area contributed by atoms with Crippen molar-refractivity contribution in [2.75, 3.05) is 0 Å². The lowest BCUT2D eigenvalue weighted by atomic mass is 10.1. The molecule has 1 heteroatoms. The lowest BCUT2D eigenvalue weighted by Crippen LogP contribution is -1.81. The molecule has 1 rings (SSSR count). The summed E-state index contributed by atoms with van der Waals surface area (Å²) in [5.74, 6) is 0.734. The molecule has 12 heavy (non-hydrogen) atoms. The molecule has 0 aliphatic carbocycles. The average molecular weight is 161 g/mol. The number of rotatable bonds is 3. The first-order valence-electron chi connectivity index (χ1n) is 4.35. The van der Waals surface area contributed by atoms with E-state index in [-0.39, 0.29) is 0 Å². The molecule has 0 aliphatic rings. The van der Waals surface area contributed by atoms with Gasteiger partial charge < -0.3 is 0 Å².